The van der Waals surface area contributed by atoms with E-state index in [2.05, 4.69) is 20.4 Å². The largest absolute Gasteiger partial charge is 0.462 e. The molecule has 130 valence electrons. The predicted octanol–water partition coefficient (Wildman–Crippen LogP) is 3.21. The van der Waals surface area contributed by atoms with Crippen LogP contribution < -0.4 is 0 Å². The number of carbonyl (C=O) groups excluding carboxylic acids is 1. The lowest BCUT2D eigenvalue weighted by molar-refractivity contribution is -0.188. The molecule has 0 aromatic rings. The fraction of sp³-hybridized carbons (Fsp3) is 0.824. The fourth-order valence-corrected chi connectivity index (χ4v) is 1.60. The Morgan fingerprint density at radius 3 is 1.86 bits per heavy atom. The van der Waals surface area contributed by atoms with Crippen LogP contribution in [0.3, 0.4) is 0 Å². The van der Waals surface area contributed by atoms with Gasteiger partial charge in [-0.3, -0.25) is 0 Å². The summed E-state index contributed by atoms with van der Waals surface area (Å²) < 4.78 is 16.2. The molecular weight excluding hydrogens is 284 g/mol. The van der Waals surface area contributed by atoms with Crippen LogP contribution in [0.5, 0.6) is 0 Å². The maximum atomic E-state index is 11.8. The van der Waals surface area contributed by atoms with Crippen molar-refractivity contribution in [2.24, 2.45) is 0 Å². The summed E-state index contributed by atoms with van der Waals surface area (Å²) in [7, 11) is 0. The molecule has 0 aromatic carbocycles. The van der Waals surface area contributed by atoms with Crippen molar-refractivity contribution < 1.29 is 24.1 Å². The summed E-state index contributed by atoms with van der Waals surface area (Å²) in [6, 6.07) is 0. The van der Waals surface area contributed by atoms with Crippen molar-refractivity contribution >= 4 is 5.97 Å². The summed E-state index contributed by atoms with van der Waals surface area (Å²) >= 11 is 0. The number of carbonyl (C=O) groups is 1. The number of aliphatic hydroxyl groups is 1. The van der Waals surface area contributed by atoms with E-state index in [1.807, 2.05) is 6.92 Å². The van der Waals surface area contributed by atoms with Crippen molar-refractivity contribution in [1.29, 1.82) is 0 Å². The Morgan fingerprint density at radius 1 is 0.955 bits per heavy atom. The van der Waals surface area contributed by atoms with E-state index in [4.69, 9.17) is 14.2 Å². The first-order valence-electron chi connectivity index (χ1n) is 8.35. The zero-order valence-electron chi connectivity index (χ0n) is 14.3. The van der Waals surface area contributed by atoms with Gasteiger partial charge in [-0.05, 0) is 19.3 Å². The zero-order valence-corrected chi connectivity index (χ0v) is 14.3. The third kappa shape index (κ3) is 9.18. The molecule has 5 heteroatoms. The number of esters is 1. The van der Waals surface area contributed by atoms with E-state index in [1.165, 1.54) is 0 Å². The van der Waals surface area contributed by atoms with Gasteiger partial charge in [-0.2, -0.15) is 0 Å². The van der Waals surface area contributed by atoms with Gasteiger partial charge in [-0.25, -0.2) is 4.79 Å². The van der Waals surface area contributed by atoms with Gasteiger partial charge in [0.1, 0.15) is 6.10 Å². The average molecular weight is 316 g/mol. The van der Waals surface area contributed by atoms with Crippen molar-refractivity contribution in [1.82, 2.24) is 0 Å². The van der Waals surface area contributed by atoms with Gasteiger partial charge < -0.3 is 19.3 Å². The Labute approximate surface area is 134 Å². The van der Waals surface area contributed by atoms with Gasteiger partial charge in [0, 0.05) is 13.2 Å². The van der Waals surface area contributed by atoms with E-state index < -0.39 is 18.4 Å². The normalized spacial score (nSPS) is 12.4. The zero-order chi connectivity index (χ0) is 16.8. The monoisotopic (exact) mass is 316 g/mol. The standard InChI is InChI=1S/C17H32O5/c1-5-8-11-20-16(19)14(4)15(18)17(21-12-9-6-2)22-13-10-7-3/h15,17-18H,4-13H2,1-3H3. The summed E-state index contributed by atoms with van der Waals surface area (Å²) in [6.07, 6.45) is 3.35. The third-order valence-electron chi connectivity index (χ3n) is 3.17. The topological polar surface area (TPSA) is 65.0 Å². The molecule has 0 amide bonds. The van der Waals surface area contributed by atoms with Crippen LogP contribution in [0.2, 0.25) is 0 Å². The summed E-state index contributed by atoms with van der Waals surface area (Å²) in [5.74, 6) is -0.593. The first kappa shape index (κ1) is 21.1. The minimum Gasteiger partial charge on any atom is -0.462 e. The smallest absolute Gasteiger partial charge is 0.336 e. The van der Waals surface area contributed by atoms with E-state index in [0.717, 1.165) is 38.5 Å². The number of hydrogen-bond donors (Lipinski definition) is 1. The number of ether oxygens (including phenoxy) is 3. The van der Waals surface area contributed by atoms with Crippen molar-refractivity contribution in [3.05, 3.63) is 12.2 Å². The molecule has 0 bridgehead atoms. The van der Waals surface area contributed by atoms with Gasteiger partial charge in [0.05, 0.1) is 12.2 Å². The summed E-state index contributed by atoms with van der Waals surface area (Å²) in [4.78, 5) is 11.8. The van der Waals surface area contributed by atoms with E-state index >= 15 is 0 Å². The SMILES string of the molecule is C=C(C(=O)OCCCC)C(O)C(OCCCC)OCCCC. The summed E-state index contributed by atoms with van der Waals surface area (Å²) in [5.41, 5.74) is -0.0194. The molecule has 0 rings (SSSR count). The highest BCUT2D eigenvalue weighted by molar-refractivity contribution is 5.88. The maximum absolute atomic E-state index is 11.8. The van der Waals surface area contributed by atoms with E-state index in [-0.39, 0.29) is 5.57 Å². The Morgan fingerprint density at radius 2 is 1.41 bits per heavy atom. The van der Waals surface area contributed by atoms with Crippen LogP contribution in [0.1, 0.15) is 59.3 Å². The van der Waals surface area contributed by atoms with Gasteiger partial charge in [-0.1, -0.05) is 46.6 Å². The Hall–Kier alpha value is -0.910. The van der Waals surface area contributed by atoms with Gasteiger partial charge in [-0.15, -0.1) is 0 Å². The van der Waals surface area contributed by atoms with Crippen molar-refractivity contribution in [2.75, 3.05) is 19.8 Å². The van der Waals surface area contributed by atoms with E-state index in [0.29, 0.717) is 19.8 Å². The minimum atomic E-state index is -1.21. The lowest BCUT2D eigenvalue weighted by Crippen LogP contribution is -2.36. The second-order valence-electron chi connectivity index (χ2n) is 5.28. The van der Waals surface area contributed by atoms with Crippen molar-refractivity contribution in [2.45, 2.75) is 71.7 Å². The van der Waals surface area contributed by atoms with Crippen molar-refractivity contribution in [3.63, 3.8) is 0 Å². The molecule has 0 aliphatic heterocycles. The molecule has 22 heavy (non-hydrogen) atoms. The Balaban J connectivity index is 4.44. The van der Waals surface area contributed by atoms with Crippen molar-refractivity contribution in [3.8, 4) is 0 Å². The highest BCUT2D eigenvalue weighted by Gasteiger charge is 2.28. The van der Waals surface area contributed by atoms with Crippen LogP contribution in [0.4, 0.5) is 0 Å². The molecule has 0 fully saturated rings. The van der Waals surface area contributed by atoms with Crippen LogP contribution >= 0.6 is 0 Å². The molecule has 0 aromatic heterocycles. The number of aliphatic hydroxyl groups excluding tert-OH is 1. The molecule has 1 N–H and O–H groups in total. The minimum absolute atomic E-state index is 0.0194. The van der Waals surface area contributed by atoms with Crippen LogP contribution in [-0.2, 0) is 19.0 Å². The Kier molecular flexibility index (Phi) is 13.2. The third-order valence-corrected chi connectivity index (χ3v) is 3.17. The highest BCUT2D eigenvalue weighted by atomic mass is 16.7. The second kappa shape index (κ2) is 13.7. The summed E-state index contributed by atoms with van der Waals surface area (Å²) in [6.45, 7) is 11.0. The fourth-order valence-electron chi connectivity index (χ4n) is 1.60. The van der Waals surface area contributed by atoms with Crippen LogP contribution in [0, 0.1) is 0 Å². The molecule has 0 heterocycles. The van der Waals surface area contributed by atoms with E-state index in [1.54, 1.807) is 0 Å². The maximum Gasteiger partial charge on any atom is 0.336 e. The molecule has 1 unspecified atom stereocenters. The molecule has 0 saturated carbocycles. The van der Waals surface area contributed by atoms with Gasteiger partial charge in [0.15, 0.2) is 6.29 Å². The molecule has 1 atom stereocenters. The molecule has 0 aliphatic carbocycles. The second-order valence-corrected chi connectivity index (χ2v) is 5.28. The Bertz CT molecular complexity index is 293. The number of rotatable bonds is 14. The molecular formula is C17H32O5. The van der Waals surface area contributed by atoms with Gasteiger partial charge in [0.2, 0.25) is 0 Å². The van der Waals surface area contributed by atoms with Crippen LogP contribution in [0.15, 0.2) is 12.2 Å². The lowest BCUT2D eigenvalue weighted by Gasteiger charge is -2.24. The molecule has 0 spiro atoms. The van der Waals surface area contributed by atoms with Crippen LogP contribution in [0.25, 0.3) is 0 Å². The number of unbranched alkanes of at least 4 members (excludes halogenated alkanes) is 3. The quantitative estimate of drug-likeness (QED) is 0.231. The molecule has 0 aliphatic rings. The van der Waals surface area contributed by atoms with E-state index in [9.17, 15) is 9.90 Å². The van der Waals surface area contributed by atoms with Crippen LogP contribution in [-0.4, -0.2) is 43.3 Å². The number of hydrogen-bond acceptors (Lipinski definition) is 5. The summed E-state index contributed by atoms with van der Waals surface area (Å²) in [5, 5.41) is 10.3. The van der Waals surface area contributed by atoms with Gasteiger partial charge >= 0.3 is 5.97 Å². The first-order chi connectivity index (χ1) is 10.6. The lowest BCUT2D eigenvalue weighted by atomic mass is 10.1. The predicted molar refractivity (Wildman–Crippen MR) is 86.5 cm³/mol. The average Bonchev–Trinajstić information content (AvgIpc) is 2.52. The highest BCUT2D eigenvalue weighted by Crippen LogP contribution is 2.13. The van der Waals surface area contributed by atoms with Gasteiger partial charge in [0.25, 0.3) is 0 Å². The molecule has 0 radical (unpaired) electrons. The molecule has 5 nitrogen and oxygen atoms in total. The first-order valence-corrected chi connectivity index (χ1v) is 8.35. The molecule has 0 saturated heterocycles.